The Kier molecular flexibility index (Phi) is 5.57. The van der Waals surface area contributed by atoms with E-state index in [0.717, 1.165) is 5.56 Å². The maximum Gasteiger partial charge on any atom is 0.269 e. The van der Waals surface area contributed by atoms with Gasteiger partial charge in [0.1, 0.15) is 0 Å². The summed E-state index contributed by atoms with van der Waals surface area (Å²) in [5.74, 6) is -0.237. The summed E-state index contributed by atoms with van der Waals surface area (Å²) in [6.07, 6.45) is 0. The molecule has 5 heteroatoms. The van der Waals surface area contributed by atoms with Gasteiger partial charge in [0.25, 0.3) is 5.91 Å². The smallest absolute Gasteiger partial charge is 0.269 e. The van der Waals surface area contributed by atoms with Crippen LogP contribution in [0.2, 0.25) is 0 Å². The summed E-state index contributed by atoms with van der Waals surface area (Å²) in [7, 11) is 0. The molecule has 24 heavy (non-hydrogen) atoms. The molecular weight excluding hydrogens is 318 g/mol. The summed E-state index contributed by atoms with van der Waals surface area (Å²) in [5.41, 5.74) is 11.3. The molecule has 0 saturated carbocycles. The van der Waals surface area contributed by atoms with E-state index in [9.17, 15) is 4.79 Å². The number of benzene rings is 2. The molecule has 0 aliphatic carbocycles. The van der Waals surface area contributed by atoms with Gasteiger partial charge in [-0.3, -0.25) is 15.2 Å². The van der Waals surface area contributed by atoms with E-state index in [4.69, 9.17) is 18.0 Å². The molecule has 2 aromatic rings. The fourth-order valence-corrected chi connectivity index (χ4v) is 2.36. The van der Waals surface area contributed by atoms with E-state index < -0.39 is 0 Å². The zero-order chi connectivity index (χ0) is 17.7. The van der Waals surface area contributed by atoms with E-state index in [0.29, 0.717) is 12.1 Å². The molecule has 0 aliphatic rings. The SMILES string of the molecule is CC(C)(C)c1ccc(C(=O)NN(Cc2ccccc2)C(N)=S)cc1. The summed E-state index contributed by atoms with van der Waals surface area (Å²) >= 11 is 5.04. The fourth-order valence-electron chi connectivity index (χ4n) is 2.25. The molecule has 0 saturated heterocycles. The molecule has 0 bridgehead atoms. The molecule has 2 aromatic carbocycles. The zero-order valence-corrected chi connectivity index (χ0v) is 15.1. The van der Waals surface area contributed by atoms with Crippen LogP contribution in [-0.2, 0) is 12.0 Å². The van der Waals surface area contributed by atoms with Gasteiger partial charge >= 0.3 is 0 Å². The van der Waals surface area contributed by atoms with Gasteiger partial charge in [0, 0.05) is 5.56 Å². The van der Waals surface area contributed by atoms with Crippen LogP contribution in [0.1, 0.15) is 42.3 Å². The fraction of sp³-hybridized carbons (Fsp3) is 0.263. The number of rotatable bonds is 3. The quantitative estimate of drug-likeness (QED) is 0.664. The van der Waals surface area contributed by atoms with Crippen LogP contribution in [0.25, 0.3) is 0 Å². The second kappa shape index (κ2) is 7.45. The third-order valence-corrected chi connectivity index (χ3v) is 3.92. The van der Waals surface area contributed by atoms with E-state index in [2.05, 4.69) is 26.2 Å². The first kappa shape index (κ1) is 17.9. The van der Waals surface area contributed by atoms with Gasteiger partial charge in [0.2, 0.25) is 0 Å². The largest absolute Gasteiger partial charge is 0.375 e. The Morgan fingerprint density at radius 1 is 1.08 bits per heavy atom. The number of carbonyl (C=O) groups excluding carboxylic acids is 1. The van der Waals surface area contributed by atoms with Crippen molar-refractivity contribution in [3.05, 3.63) is 71.3 Å². The van der Waals surface area contributed by atoms with Gasteiger partial charge < -0.3 is 5.73 Å². The highest BCUT2D eigenvalue weighted by molar-refractivity contribution is 7.80. The Morgan fingerprint density at radius 3 is 2.17 bits per heavy atom. The molecule has 0 aromatic heterocycles. The predicted molar refractivity (Wildman–Crippen MR) is 101 cm³/mol. The van der Waals surface area contributed by atoms with Crippen molar-refractivity contribution in [3.63, 3.8) is 0 Å². The second-order valence-corrected chi connectivity index (χ2v) is 7.10. The topological polar surface area (TPSA) is 58.4 Å². The van der Waals surface area contributed by atoms with Crippen molar-refractivity contribution in [1.82, 2.24) is 10.4 Å². The van der Waals surface area contributed by atoms with Gasteiger partial charge in [-0.25, -0.2) is 0 Å². The Morgan fingerprint density at radius 2 is 1.67 bits per heavy atom. The number of carbonyl (C=O) groups is 1. The number of nitrogens with two attached hydrogens (primary N) is 1. The molecular formula is C19H23N3OS. The lowest BCUT2D eigenvalue weighted by molar-refractivity contribution is 0.0866. The zero-order valence-electron chi connectivity index (χ0n) is 14.2. The average molecular weight is 341 g/mol. The van der Waals surface area contributed by atoms with Gasteiger partial charge in [0.05, 0.1) is 6.54 Å². The van der Waals surface area contributed by atoms with Crippen LogP contribution in [0.5, 0.6) is 0 Å². The molecule has 126 valence electrons. The van der Waals surface area contributed by atoms with Crippen LogP contribution in [-0.4, -0.2) is 16.0 Å². The number of hydrazine groups is 1. The van der Waals surface area contributed by atoms with Crippen molar-refractivity contribution in [2.24, 2.45) is 5.73 Å². The van der Waals surface area contributed by atoms with Crippen LogP contribution in [0.3, 0.4) is 0 Å². The number of amides is 1. The Labute approximate surface area is 148 Å². The van der Waals surface area contributed by atoms with Crippen LogP contribution in [0, 0.1) is 0 Å². The molecule has 0 fully saturated rings. The summed E-state index contributed by atoms with van der Waals surface area (Å²) < 4.78 is 0. The van der Waals surface area contributed by atoms with Gasteiger partial charge in [-0.05, 0) is 40.9 Å². The summed E-state index contributed by atoms with van der Waals surface area (Å²) in [4.78, 5) is 12.4. The Bertz CT molecular complexity index is 706. The normalized spacial score (nSPS) is 11.0. The number of nitrogens with one attached hydrogen (secondary N) is 1. The second-order valence-electron chi connectivity index (χ2n) is 6.68. The molecule has 3 N–H and O–H groups in total. The standard InChI is InChI=1S/C19H23N3OS/c1-19(2,3)16-11-9-15(10-12-16)17(23)21-22(18(20)24)13-14-7-5-4-6-8-14/h4-12H,13H2,1-3H3,(H2,20,24)(H,21,23). The van der Waals surface area contributed by atoms with Crippen molar-refractivity contribution < 1.29 is 4.79 Å². The minimum atomic E-state index is -0.237. The highest BCUT2D eigenvalue weighted by Gasteiger charge is 2.16. The van der Waals surface area contributed by atoms with E-state index >= 15 is 0 Å². The van der Waals surface area contributed by atoms with Crippen LogP contribution in [0.4, 0.5) is 0 Å². The molecule has 4 nitrogen and oxygen atoms in total. The molecule has 0 aliphatic heterocycles. The van der Waals surface area contributed by atoms with Gasteiger partial charge in [-0.2, -0.15) is 0 Å². The minimum Gasteiger partial charge on any atom is -0.375 e. The highest BCUT2D eigenvalue weighted by atomic mass is 32.1. The van der Waals surface area contributed by atoms with E-state index in [1.54, 1.807) is 0 Å². The molecule has 0 radical (unpaired) electrons. The van der Waals surface area contributed by atoms with Crippen LogP contribution >= 0.6 is 12.2 Å². The molecule has 0 heterocycles. The van der Waals surface area contributed by atoms with Gasteiger partial charge in [-0.1, -0.05) is 63.2 Å². The maximum atomic E-state index is 12.4. The van der Waals surface area contributed by atoms with E-state index in [1.807, 2.05) is 54.6 Å². The van der Waals surface area contributed by atoms with Crippen molar-refractivity contribution in [1.29, 1.82) is 0 Å². The highest BCUT2D eigenvalue weighted by Crippen LogP contribution is 2.22. The lowest BCUT2D eigenvalue weighted by Gasteiger charge is -2.24. The first-order chi connectivity index (χ1) is 11.3. The van der Waals surface area contributed by atoms with E-state index in [1.165, 1.54) is 10.6 Å². The van der Waals surface area contributed by atoms with Gasteiger partial charge in [0.15, 0.2) is 5.11 Å². The lowest BCUT2D eigenvalue weighted by atomic mass is 9.87. The molecule has 2 rings (SSSR count). The summed E-state index contributed by atoms with van der Waals surface area (Å²) in [6.45, 7) is 6.82. The summed E-state index contributed by atoms with van der Waals surface area (Å²) in [5, 5.41) is 1.60. The number of hydrogen-bond acceptors (Lipinski definition) is 2. The minimum absolute atomic E-state index is 0.0488. The van der Waals surface area contributed by atoms with Crippen molar-refractivity contribution >= 4 is 23.2 Å². The lowest BCUT2D eigenvalue weighted by Crippen LogP contribution is -2.48. The number of hydrogen-bond donors (Lipinski definition) is 2. The first-order valence-corrected chi connectivity index (χ1v) is 8.20. The number of nitrogens with zero attached hydrogens (tertiary/aromatic N) is 1. The molecule has 0 unspecified atom stereocenters. The van der Waals surface area contributed by atoms with Crippen molar-refractivity contribution in [2.45, 2.75) is 32.7 Å². The Balaban J connectivity index is 2.09. The van der Waals surface area contributed by atoms with Crippen LogP contribution < -0.4 is 11.2 Å². The van der Waals surface area contributed by atoms with Crippen LogP contribution in [0.15, 0.2) is 54.6 Å². The maximum absolute atomic E-state index is 12.4. The van der Waals surface area contributed by atoms with Crippen molar-refractivity contribution in [2.75, 3.05) is 0 Å². The first-order valence-electron chi connectivity index (χ1n) is 7.80. The van der Waals surface area contributed by atoms with Gasteiger partial charge in [-0.15, -0.1) is 0 Å². The van der Waals surface area contributed by atoms with E-state index in [-0.39, 0.29) is 16.4 Å². The average Bonchev–Trinajstić information content (AvgIpc) is 2.54. The monoisotopic (exact) mass is 341 g/mol. The third kappa shape index (κ3) is 4.80. The summed E-state index contributed by atoms with van der Waals surface area (Å²) in [6, 6.07) is 17.3. The number of thiocarbonyl (C=S) groups is 1. The Hall–Kier alpha value is -2.40. The third-order valence-electron chi connectivity index (χ3n) is 3.70. The molecule has 1 amide bonds. The molecule has 0 spiro atoms. The van der Waals surface area contributed by atoms with Crippen molar-refractivity contribution in [3.8, 4) is 0 Å². The molecule has 0 atom stereocenters. The predicted octanol–water partition coefficient (Wildman–Crippen LogP) is 3.37.